The molecule has 2 aromatic rings. The van der Waals surface area contributed by atoms with E-state index in [1.165, 1.54) is 30.3 Å². The Morgan fingerprint density at radius 3 is 2.45 bits per heavy atom. The van der Waals surface area contributed by atoms with Crippen LogP contribution in [0.2, 0.25) is 0 Å². The summed E-state index contributed by atoms with van der Waals surface area (Å²) in [5.41, 5.74) is 2.18. The van der Waals surface area contributed by atoms with Crippen molar-refractivity contribution in [2.75, 3.05) is 32.8 Å². The molecule has 1 unspecified atom stereocenters. The molecule has 0 bridgehead atoms. The lowest BCUT2D eigenvalue weighted by Gasteiger charge is -2.33. The fraction of sp³-hybridized carbons (Fsp3) is 0.333. The summed E-state index contributed by atoms with van der Waals surface area (Å²) >= 11 is 0. The quantitative estimate of drug-likeness (QED) is 0.698. The maximum Gasteiger partial charge on any atom is 0.573 e. The Morgan fingerprint density at radius 2 is 1.76 bits per heavy atom. The molecule has 2 aliphatic heterocycles. The predicted molar refractivity (Wildman–Crippen MR) is 97.3 cm³/mol. The predicted octanol–water partition coefficient (Wildman–Crippen LogP) is 4.46. The Bertz CT molecular complexity index is 890. The van der Waals surface area contributed by atoms with Crippen LogP contribution >= 0.6 is 0 Å². The van der Waals surface area contributed by atoms with Crippen LogP contribution in [0.1, 0.15) is 17.0 Å². The van der Waals surface area contributed by atoms with Gasteiger partial charge < -0.3 is 14.2 Å². The molecular weight excluding hydrogens is 390 g/mol. The number of hydrogen-bond acceptors (Lipinski definition) is 4. The van der Waals surface area contributed by atoms with Gasteiger partial charge in [-0.1, -0.05) is 12.1 Å². The summed E-state index contributed by atoms with van der Waals surface area (Å²) < 4.78 is 66.7. The topological polar surface area (TPSA) is 30.9 Å². The van der Waals surface area contributed by atoms with E-state index in [1.54, 1.807) is 18.4 Å². The van der Waals surface area contributed by atoms with E-state index in [4.69, 9.17) is 9.47 Å². The maximum absolute atomic E-state index is 13.5. The van der Waals surface area contributed by atoms with Crippen LogP contribution in [0, 0.1) is 5.82 Å². The van der Waals surface area contributed by atoms with Gasteiger partial charge in [-0.2, -0.15) is 0 Å². The van der Waals surface area contributed by atoms with Gasteiger partial charge in [-0.25, -0.2) is 4.39 Å². The molecule has 0 radical (unpaired) electrons. The molecule has 0 saturated carbocycles. The largest absolute Gasteiger partial charge is 0.573 e. The minimum Gasteiger partial charge on any atom is -0.465 e. The summed E-state index contributed by atoms with van der Waals surface area (Å²) in [6.45, 7) is 3.30. The maximum atomic E-state index is 13.5. The van der Waals surface area contributed by atoms with Crippen LogP contribution in [0.4, 0.5) is 17.6 Å². The summed E-state index contributed by atoms with van der Waals surface area (Å²) in [5.74, 6) is -0.632. The Morgan fingerprint density at radius 1 is 1.03 bits per heavy atom. The summed E-state index contributed by atoms with van der Waals surface area (Å²) in [7, 11) is 0. The zero-order valence-electron chi connectivity index (χ0n) is 15.4. The third-order valence-electron chi connectivity index (χ3n) is 4.95. The standard InChI is InChI=1S/C21H19F4NO3/c22-16-3-1-14(2-4-16)20-15(12-26-7-9-27-10-8-26)13-28-19-6-5-17(11-18(19)20)29-21(23,24)25/h1-6,11,13,20H,7-10,12H2. The van der Waals surface area contributed by atoms with Gasteiger partial charge in [0.05, 0.1) is 19.5 Å². The average Bonchev–Trinajstić information content (AvgIpc) is 2.68. The SMILES string of the molecule is Fc1ccc(C2C(CN3CCOCC3)=COc3ccc(OC(F)(F)F)cc32)cc1. The highest BCUT2D eigenvalue weighted by atomic mass is 19.4. The van der Waals surface area contributed by atoms with Gasteiger partial charge >= 0.3 is 6.36 Å². The lowest BCUT2D eigenvalue weighted by molar-refractivity contribution is -0.274. The minimum atomic E-state index is -4.79. The number of alkyl halides is 3. The number of halogens is 4. The molecule has 1 fully saturated rings. The zero-order chi connectivity index (χ0) is 20.4. The van der Waals surface area contributed by atoms with Crippen LogP contribution in [0.5, 0.6) is 11.5 Å². The van der Waals surface area contributed by atoms with Crippen LogP contribution in [0.25, 0.3) is 0 Å². The van der Waals surface area contributed by atoms with E-state index in [9.17, 15) is 17.6 Å². The molecule has 1 saturated heterocycles. The summed E-state index contributed by atoms with van der Waals surface area (Å²) in [6.07, 6.45) is -3.16. The van der Waals surface area contributed by atoms with Crippen molar-refractivity contribution in [1.82, 2.24) is 4.90 Å². The number of nitrogens with zero attached hydrogens (tertiary/aromatic N) is 1. The van der Waals surface area contributed by atoms with E-state index >= 15 is 0 Å². The molecule has 29 heavy (non-hydrogen) atoms. The minimum absolute atomic E-state index is 0.320. The molecule has 2 aliphatic rings. The molecule has 154 valence electrons. The number of hydrogen-bond donors (Lipinski definition) is 0. The Kier molecular flexibility index (Phi) is 5.47. The first-order chi connectivity index (χ1) is 13.9. The fourth-order valence-corrected chi connectivity index (χ4v) is 3.66. The van der Waals surface area contributed by atoms with Gasteiger partial charge in [-0.05, 0) is 41.5 Å². The van der Waals surface area contributed by atoms with Crippen molar-refractivity contribution in [3.8, 4) is 11.5 Å². The normalized spacial score (nSPS) is 19.9. The zero-order valence-corrected chi connectivity index (χ0v) is 15.4. The summed E-state index contributed by atoms with van der Waals surface area (Å²) in [6, 6.07) is 9.96. The van der Waals surface area contributed by atoms with Crippen molar-refractivity contribution in [1.29, 1.82) is 0 Å². The molecule has 2 aromatic carbocycles. The molecule has 0 aromatic heterocycles. The Labute approximate surface area is 165 Å². The van der Waals surface area contributed by atoms with Crippen molar-refractivity contribution in [3.63, 3.8) is 0 Å². The van der Waals surface area contributed by atoms with Crippen molar-refractivity contribution >= 4 is 0 Å². The molecule has 1 atom stereocenters. The first kappa shape index (κ1) is 19.7. The van der Waals surface area contributed by atoms with Gasteiger partial charge in [0, 0.05) is 31.1 Å². The number of fused-ring (bicyclic) bond motifs is 1. The van der Waals surface area contributed by atoms with E-state index in [0.717, 1.165) is 24.2 Å². The van der Waals surface area contributed by atoms with Crippen LogP contribution < -0.4 is 9.47 Å². The molecule has 4 nitrogen and oxygen atoms in total. The second-order valence-electron chi connectivity index (χ2n) is 6.93. The van der Waals surface area contributed by atoms with Crippen LogP contribution in [-0.2, 0) is 4.74 Å². The van der Waals surface area contributed by atoms with E-state index < -0.39 is 6.36 Å². The van der Waals surface area contributed by atoms with Crippen molar-refractivity contribution in [2.45, 2.75) is 12.3 Å². The van der Waals surface area contributed by atoms with Gasteiger partial charge in [-0.3, -0.25) is 4.90 Å². The number of morpholine rings is 1. The first-order valence-electron chi connectivity index (χ1n) is 9.20. The molecule has 0 aliphatic carbocycles. The Balaban J connectivity index is 1.71. The number of ether oxygens (including phenoxy) is 3. The second-order valence-corrected chi connectivity index (χ2v) is 6.93. The van der Waals surface area contributed by atoms with Crippen LogP contribution in [0.15, 0.2) is 54.3 Å². The third-order valence-corrected chi connectivity index (χ3v) is 4.95. The van der Waals surface area contributed by atoms with Crippen LogP contribution in [0.3, 0.4) is 0 Å². The summed E-state index contributed by atoms with van der Waals surface area (Å²) in [5, 5.41) is 0. The second kappa shape index (κ2) is 8.04. The highest BCUT2D eigenvalue weighted by molar-refractivity contribution is 5.53. The van der Waals surface area contributed by atoms with Gasteiger partial charge in [0.2, 0.25) is 0 Å². The molecule has 0 spiro atoms. The van der Waals surface area contributed by atoms with Gasteiger partial charge in [0.1, 0.15) is 17.3 Å². The van der Waals surface area contributed by atoms with Crippen molar-refractivity contribution in [2.24, 2.45) is 0 Å². The van der Waals surface area contributed by atoms with Gasteiger partial charge in [-0.15, -0.1) is 13.2 Å². The molecule has 0 N–H and O–H groups in total. The van der Waals surface area contributed by atoms with E-state index in [0.29, 0.717) is 31.1 Å². The lowest BCUT2D eigenvalue weighted by Crippen LogP contribution is -2.38. The van der Waals surface area contributed by atoms with Gasteiger partial charge in [0.25, 0.3) is 0 Å². The summed E-state index contributed by atoms with van der Waals surface area (Å²) in [4.78, 5) is 2.19. The monoisotopic (exact) mass is 409 g/mol. The number of rotatable bonds is 4. The Hall–Kier alpha value is -2.58. The van der Waals surface area contributed by atoms with Crippen LogP contribution in [-0.4, -0.2) is 44.1 Å². The average molecular weight is 409 g/mol. The van der Waals surface area contributed by atoms with E-state index in [2.05, 4.69) is 9.64 Å². The molecule has 2 heterocycles. The number of benzene rings is 2. The fourth-order valence-electron chi connectivity index (χ4n) is 3.66. The smallest absolute Gasteiger partial charge is 0.465 e. The molecule has 0 amide bonds. The third kappa shape index (κ3) is 4.71. The van der Waals surface area contributed by atoms with Crippen molar-refractivity contribution in [3.05, 3.63) is 71.2 Å². The van der Waals surface area contributed by atoms with Gasteiger partial charge in [0.15, 0.2) is 0 Å². The molecule has 8 heteroatoms. The highest BCUT2D eigenvalue weighted by Gasteiger charge is 2.33. The lowest BCUT2D eigenvalue weighted by atomic mass is 9.83. The molecular formula is C21H19F4NO3. The van der Waals surface area contributed by atoms with Crippen molar-refractivity contribution < 1.29 is 31.8 Å². The van der Waals surface area contributed by atoms with E-state index in [-0.39, 0.29) is 17.5 Å². The molecule has 4 rings (SSSR count). The van der Waals surface area contributed by atoms with E-state index in [1.807, 2.05) is 0 Å². The highest BCUT2D eigenvalue weighted by Crippen LogP contribution is 2.43. The first-order valence-corrected chi connectivity index (χ1v) is 9.20.